The van der Waals surface area contributed by atoms with E-state index in [0.29, 0.717) is 6.61 Å². The minimum Gasteiger partial charge on any atom is -0.491 e. The van der Waals surface area contributed by atoms with Crippen LogP contribution in [-0.2, 0) is 10.8 Å². The number of piperazine rings is 1. The van der Waals surface area contributed by atoms with Crippen molar-refractivity contribution in [3.05, 3.63) is 58.6 Å². The molecule has 0 aliphatic carbocycles. The summed E-state index contributed by atoms with van der Waals surface area (Å²) in [4.78, 5) is 2.51. The molecule has 2 aromatic rings. The molecule has 1 unspecified atom stereocenters. The Balaban J connectivity index is 1.88. The van der Waals surface area contributed by atoms with Crippen LogP contribution in [0.15, 0.2) is 42.5 Å². The Kier molecular flexibility index (Phi) is 6.50. The van der Waals surface area contributed by atoms with Crippen molar-refractivity contribution in [2.24, 2.45) is 0 Å². The molecule has 1 heterocycles. The standard InChI is InChI=1S/C25H35ClN2O/c1-24(2,3)18-13-19(25(4,5)6)15-21(14-18)28-12-11-27-16-22(28)17-29-23-9-7-20(26)8-10-23/h7-10,13-15,22,27H,11-12,16-17H2,1-6H3. The molecular weight excluding hydrogens is 380 g/mol. The van der Waals surface area contributed by atoms with Crippen molar-refractivity contribution in [1.82, 2.24) is 5.32 Å². The van der Waals surface area contributed by atoms with Gasteiger partial charge in [-0.25, -0.2) is 0 Å². The normalized spacial score (nSPS) is 18.0. The van der Waals surface area contributed by atoms with Gasteiger partial charge >= 0.3 is 0 Å². The van der Waals surface area contributed by atoms with Crippen molar-refractivity contribution < 1.29 is 4.74 Å². The van der Waals surface area contributed by atoms with Crippen LogP contribution in [0.2, 0.25) is 5.02 Å². The third kappa shape index (κ3) is 5.67. The molecule has 0 bridgehead atoms. The number of hydrogen-bond donors (Lipinski definition) is 1. The van der Waals surface area contributed by atoms with Gasteiger partial charge in [-0.1, -0.05) is 59.2 Å². The molecule has 4 heteroatoms. The fourth-order valence-electron chi connectivity index (χ4n) is 3.62. The lowest BCUT2D eigenvalue weighted by Gasteiger charge is -2.39. The van der Waals surface area contributed by atoms with Crippen LogP contribution in [0.25, 0.3) is 0 Å². The van der Waals surface area contributed by atoms with Gasteiger partial charge in [-0.3, -0.25) is 0 Å². The average Bonchev–Trinajstić information content (AvgIpc) is 2.66. The Morgan fingerprint density at radius 1 is 0.966 bits per heavy atom. The highest BCUT2D eigenvalue weighted by Crippen LogP contribution is 2.34. The third-order valence-electron chi connectivity index (χ3n) is 5.59. The van der Waals surface area contributed by atoms with Crippen LogP contribution in [0.3, 0.4) is 0 Å². The SMILES string of the molecule is CC(C)(C)c1cc(N2CCNCC2COc2ccc(Cl)cc2)cc(C(C)(C)C)c1. The molecular formula is C25H35ClN2O. The zero-order valence-electron chi connectivity index (χ0n) is 18.7. The molecule has 1 aliphatic heterocycles. The first kappa shape index (κ1) is 22.0. The van der Waals surface area contributed by atoms with Gasteiger partial charge in [0.2, 0.25) is 0 Å². The predicted octanol–water partition coefficient (Wildman–Crippen LogP) is 5.79. The van der Waals surface area contributed by atoms with Gasteiger partial charge in [0.05, 0.1) is 6.04 Å². The maximum absolute atomic E-state index is 6.11. The first-order valence-electron chi connectivity index (χ1n) is 10.6. The van der Waals surface area contributed by atoms with Gasteiger partial charge in [-0.2, -0.15) is 0 Å². The van der Waals surface area contributed by atoms with Crippen LogP contribution < -0.4 is 15.0 Å². The second-order valence-electron chi connectivity index (χ2n) is 10.1. The summed E-state index contributed by atoms with van der Waals surface area (Å²) in [5, 5.41) is 4.26. The van der Waals surface area contributed by atoms with E-state index in [1.54, 1.807) is 0 Å². The van der Waals surface area contributed by atoms with Gasteiger partial charge in [-0.15, -0.1) is 0 Å². The molecule has 3 rings (SSSR count). The van der Waals surface area contributed by atoms with Gasteiger partial charge in [0.25, 0.3) is 0 Å². The first-order chi connectivity index (χ1) is 13.5. The summed E-state index contributed by atoms with van der Waals surface area (Å²) >= 11 is 5.99. The smallest absolute Gasteiger partial charge is 0.119 e. The van der Waals surface area contributed by atoms with Crippen molar-refractivity contribution in [2.75, 3.05) is 31.1 Å². The zero-order valence-corrected chi connectivity index (χ0v) is 19.4. The monoisotopic (exact) mass is 414 g/mol. The molecule has 2 aromatic carbocycles. The number of halogens is 1. The first-order valence-corrected chi connectivity index (χ1v) is 10.9. The number of anilines is 1. The van der Waals surface area contributed by atoms with Crippen molar-refractivity contribution in [1.29, 1.82) is 0 Å². The Morgan fingerprint density at radius 2 is 1.55 bits per heavy atom. The van der Waals surface area contributed by atoms with Gasteiger partial charge in [0.1, 0.15) is 12.4 Å². The molecule has 0 saturated carbocycles. The number of nitrogens with one attached hydrogen (secondary N) is 1. The minimum absolute atomic E-state index is 0.110. The molecule has 1 fully saturated rings. The largest absolute Gasteiger partial charge is 0.491 e. The molecule has 0 aromatic heterocycles. The van der Waals surface area contributed by atoms with Crippen LogP contribution in [0.4, 0.5) is 5.69 Å². The van der Waals surface area contributed by atoms with Crippen LogP contribution in [-0.4, -0.2) is 32.3 Å². The summed E-state index contributed by atoms with van der Waals surface area (Å²) in [7, 11) is 0. The van der Waals surface area contributed by atoms with E-state index >= 15 is 0 Å². The highest BCUT2D eigenvalue weighted by molar-refractivity contribution is 6.30. The summed E-state index contributed by atoms with van der Waals surface area (Å²) in [6, 6.07) is 15.0. The lowest BCUT2D eigenvalue weighted by molar-refractivity contribution is 0.267. The topological polar surface area (TPSA) is 24.5 Å². The quantitative estimate of drug-likeness (QED) is 0.684. The molecule has 29 heavy (non-hydrogen) atoms. The number of ether oxygens (including phenoxy) is 1. The molecule has 158 valence electrons. The van der Waals surface area contributed by atoms with Crippen LogP contribution in [0.1, 0.15) is 52.7 Å². The van der Waals surface area contributed by atoms with E-state index in [1.807, 2.05) is 24.3 Å². The third-order valence-corrected chi connectivity index (χ3v) is 5.84. The van der Waals surface area contributed by atoms with E-state index in [9.17, 15) is 0 Å². The van der Waals surface area contributed by atoms with E-state index in [2.05, 4.69) is 70.0 Å². The number of hydrogen-bond acceptors (Lipinski definition) is 3. The van der Waals surface area contributed by atoms with Crippen LogP contribution >= 0.6 is 11.6 Å². The Morgan fingerprint density at radius 3 is 2.10 bits per heavy atom. The van der Waals surface area contributed by atoms with Crippen molar-refractivity contribution in [3.8, 4) is 5.75 Å². The highest BCUT2D eigenvalue weighted by atomic mass is 35.5. The lowest BCUT2D eigenvalue weighted by atomic mass is 9.80. The van der Waals surface area contributed by atoms with Gasteiger partial charge in [0, 0.05) is 30.3 Å². The van der Waals surface area contributed by atoms with E-state index < -0.39 is 0 Å². The minimum atomic E-state index is 0.110. The van der Waals surface area contributed by atoms with E-state index in [4.69, 9.17) is 16.3 Å². The van der Waals surface area contributed by atoms with Gasteiger partial charge in [-0.05, 0) is 58.4 Å². The molecule has 1 N–H and O–H groups in total. The fraction of sp³-hybridized carbons (Fsp3) is 0.520. The van der Waals surface area contributed by atoms with Crippen molar-refractivity contribution in [2.45, 2.75) is 58.4 Å². The summed E-state index contributed by atoms with van der Waals surface area (Å²) in [5.74, 6) is 0.860. The summed E-state index contributed by atoms with van der Waals surface area (Å²) in [6.07, 6.45) is 0. The van der Waals surface area contributed by atoms with Crippen molar-refractivity contribution >= 4 is 17.3 Å². The lowest BCUT2D eigenvalue weighted by Crippen LogP contribution is -2.54. The number of nitrogens with zero attached hydrogens (tertiary/aromatic N) is 1. The summed E-state index contributed by atoms with van der Waals surface area (Å²) in [5.41, 5.74) is 4.29. The van der Waals surface area contributed by atoms with E-state index in [0.717, 1.165) is 30.4 Å². The molecule has 0 spiro atoms. The second kappa shape index (κ2) is 8.57. The number of benzene rings is 2. The maximum Gasteiger partial charge on any atom is 0.119 e. The highest BCUT2D eigenvalue weighted by Gasteiger charge is 2.27. The maximum atomic E-state index is 6.11. The van der Waals surface area contributed by atoms with Crippen molar-refractivity contribution in [3.63, 3.8) is 0 Å². The zero-order chi connectivity index (χ0) is 21.2. The van der Waals surface area contributed by atoms with E-state index in [1.165, 1.54) is 16.8 Å². The molecule has 1 atom stereocenters. The predicted molar refractivity (Wildman–Crippen MR) is 125 cm³/mol. The Hall–Kier alpha value is -1.71. The number of rotatable bonds is 4. The van der Waals surface area contributed by atoms with Crippen LogP contribution in [0, 0.1) is 0 Å². The molecule has 0 radical (unpaired) electrons. The second-order valence-corrected chi connectivity index (χ2v) is 10.5. The van der Waals surface area contributed by atoms with E-state index in [-0.39, 0.29) is 16.9 Å². The van der Waals surface area contributed by atoms with Gasteiger partial charge in [0.15, 0.2) is 0 Å². The Labute approximate surface area is 181 Å². The van der Waals surface area contributed by atoms with Crippen LogP contribution in [0.5, 0.6) is 5.75 Å². The van der Waals surface area contributed by atoms with Gasteiger partial charge < -0.3 is 15.0 Å². The molecule has 3 nitrogen and oxygen atoms in total. The molecule has 1 aliphatic rings. The Bertz CT molecular complexity index is 786. The summed E-state index contributed by atoms with van der Waals surface area (Å²) in [6.45, 7) is 17.3. The molecule has 0 amide bonds. The summed E-state index contributed by atoms with van der Waals surface area (Å²) < 4.78 is 6.11. The average molecular weight is 415 g/mol. The fourth-order valence-corrected chi connectivity index (χ4v) is 3.74. The molecule has 1 saturated heterocycles.